The van der Waals surface area contributed by atoms with Crippen molar-refractivity contribution in [1.82, 2.24) is 4.98 Å². The van der Waals surface area contributed by atoms with Crippen LogP contribution in [0.4, 0.5) is 18.9 Å². The standard InChI is InChI=1S/C24H23F3N4O4S/c1-23(2,3)13-9-16(24(25,26)27)29-22-17(13)18(19(36-22)20(28)32)30-21(33)15-10-14(31-35-15)11-5-7-12(34-4)8-6-11/h5-9,15H,10H2,1-4H3,(H2,28,32)(H,30,33). The lowest BCUT2D eigenvalue weighted by molar-refractivity contribution is -0.141. The van der Waals surface area contributed by atoms with Gasteiger partial charge < -0.3 is 20.6 Å². The summed E-state index contributed by atoms with van der Waals surface area (Å²) in [5.74, 6) is -0.860. The Kier molecular flexibility index (Phi) is 6.41. The van der Waals surface area contributed by atoms with Crippen molar-refractivity contribution in [3.63, 3.8) is 0 Å². The predicted octanol–water partition coefficient (Wildman–Crippen LogP) is 4.85. The van der Waals surface area contributed by atoms with Crippen molar-refractivity contribution < 1.29 is 32.3 Å². The van der Waals surface area contributed by atoms with Crippen LogP contribution in [0.1, 0.15) is 53.7 Å². The van der Waals surface area contributed by atoms with Gasteiger partial charge in [-0.2, -0.15) is 13.2 Å². The van der Waals surface area contributed by atoms with Gasteiger partial charge in [-0.3, -0.25) is 9.59 Å². The summed E-state index contributed by atoms with van der Waals surface area (Å²) in [5, 5.41) is 6.88. The van der Waals surface area contributed by atoms with Crippen LogP contribution >= 0.6 is 11.3 Å². The first-order chi connectivity index (χ1) is 16.8. The molecule has 0 aliphatic carbocycles. The van der Waals surface area contributed by atoms with Crippen molar-refractivity contribution >= 4 is 44.8 Å². The van der Waals surface area contributed by atoms with E-state index in [-0.39, 0.29) is 32.8 Å². The van der Waals surface area contributed by atoms with Crippen LogP contribution in [0.2, 0.25) is 0 Å². The number of benzene rings is 1. The summed E-state index contributed by atoms with van der Waals surface area (Å²) in [4.78, 5) is 34.2. The molecule has 1 unspecified atom stereocenters. The number of anilines is 1. The number of aromatic nitrogens is 1. The fourth-order valence-corrected chi connectivity index (χ4v) is 4.81. The molecule has 1 aliphatic rings. The predicted molar refractivity (Wildman–Crippen MR) is 129 cm³/mol. The summed E-state index contributed by atoms with van der Waals surface area (Å²) in [6.07, 6.45) is -5.56. The number of nitrogens with zero attached hydrogens (tertiary/aromatic N) is 2. The molecule has 36 heavy (non-hydrogen) atoms. The number of nitrogens with one attached hydrogen (secondary N) is 1. The number of methoxy groups -OCH3 is 1. The molecule has 1 aliphatic heterocycles. The fourth-order valence-electron chi connectivity index (χ4n) is 3.80. The number of carbonyl (C=O) groups is 2. The van der Waals surface area contributed by atoms with Gasteiger partial charge in [0.2, 0.25) is 6.10 Å². The maximum Gasteiger partial charge on any atom is 0.433 e. The van der Waals surface area contributed by atoms with Crippen LogP contribution in [0.25, 0.3) is 10.2 Å². The van der Waals surface area contributed by atoms with E-state index in [2.05, 4.69) is 15.5 Å². The minimum Gasteiger partial charge on any atom is -0.497 e. The number of hydrogen-bond acceptors (Lipinski definition) is 7. The summed E-state index contributed by atoms with van der Waals surface area (Å²) in [6, 6.07) is 7.99. The SMILES string of the molecule is COc1ccc(C2=NOC(C(=O)Nc3c(C(N)=O)sc4nc(C(F)(F)F)cc(C(C)(C)C)c34)C2)cc1. The molecule has 4 rings (SSSR count). The van der Waals surface area contributed by atoms with Crippen molar-refractivity contribution in [2.45, 2.75) is 44.9 Å². The van der Waals surface area contributed by atoms with Crippen LogP contribution in [0.5, 0.6) is 5.75 Å². The summed E-state index contributed by atoms with van der Waals surface area (Å²) in [7, 11) is 1.55. The topological polar surface area (TPSA) is 116 Å². The van der Waals surface area contributed by atoms with Gasteiger partial charge in [0, 0.05) is 11.8 Å². The Morgan fingerprint density at radius 2 is 1.86 bits per heavy atom. The number of primary amides is 1. The van der Waals surface area contributed by atoms with E-state index in [1.807, 2.05) is 0 Å². The molecule has 1 atom stereocenters. The van der Waals surface area contributed by atoms with E-state index in [0.29, 0.717) is 22.8 Å². The Labute approximate surface area is 208 Å². The maximum atomic E-state index is 13.5. The van der Waals surface area contributed by atoms with Gasteiger partial charge in [0.1, 0.15) is 21.2 Å². The zero-order valence-electron chi connectivity index (χ0n) is 19.8. The molecule has 12 heteroatoms. The third kappa shape index (κ3) is 4.85. The summed E-state index contributed by atoms with van der Waals surface area (Å²) >= 11 is 0.696. The molecule has 3 aromatic rings. The molecule has 1 aromatic carbocycles. The van der Waals surface area contributed by atoms with Gasteiger partial charge in [-0.1, -0.05) is 25.9 Å². The van der Waals surface area contributed by atoms with Crippen molar-refractivity contribution in [3.05, 3.63) is 52.0 Å². The first kappa shape index (κ1) is 25.4. The zero-order valence-corrected chi connectivity index (χ0v) is 20.6. The van der Waals surface area contributed by atoms with Crippen LogP contribution in [0, 0.1) is 0 Å². The highest BCUT2D eigenvalue weighted by Gasteiger charge is 2.37. The van der Waals surface area contributed by atoms with Crippen molar-refractivity contribution in [1.29, 1.82) is 0 Å². The van der Waals surface area contributed by atoms with E-state index in [0.717, 1.165) is 11.6 Å². The molecular formula is C24H23F3N4O4S. The molecule has 8 nitrogen and oxygen atoms in total. The largest absolute Gasteiger partial charge is 0.497 e. The number of nitrogens with two attached hydrogens (primary N) is 1. The fraction of sp³-hybridized carbons (Fsp3) is 0.333. The van der Waals surface area contributed by atoms with Gasteiger partial charge >= 0.3 is 6.18 Å². The highest BCUT2D eigenvalue weighted by molar-refractivity contribution is 7.21. The molecule has 2 amide bonds. The Bertz CT molecular complexity index is 1380. The summed E-state index contributed by atoms with van der Waals surface area (Å²) in [6.45, 7) is 5.18. The second kappa shape index (κ2) is 9.08. The minimum absolute atomic E-state index is 0.0140. The number of rotatable bonds is 5. The molecule has 3 N–H and O–H groups in total. The second-order valence-corrected chi connectivity index (χ2v) is 10.2. The van der Waals surface area contributed by atoms with E-state index in [1.54, 1.807) is 52.1 Å². The second-order valence-electron chi connectivity index (χ2n) is 9.21. The normalized spacial score (nSPS) is 16.0. The lowest BCUT2D eigenvalue weighted by Gasteiger charge is -2.22. The third-order valence-corrected chi connectivity index (χ3v) is 6.72. The number of ether oxygens (including phenoxy) is 1. The highest BCUT2D eigenvalue weighted by Crippen LogP contribution is 2.43. The Morgan fingerprint density at radius 1 is 1.19 bits per heavy atom. The number of thiophene rings is 1. The van der Waals surface area contributed by atoms with Crippen LogP contribution in [0.3, 0.4) is 0 Å². The third-order valence-electron chi connectivity index (χ3n) is 5.62. The first-order valence-corrected chi connectivity index (χ1v) is 11.6. The lowest BCUT2D eigenvalue weighted by Crippen LogP contribution is -2.29. The number of fused-ring (bicyclic) bond motifs is 1. The number of halogens is 3. The average molecular weight is 521 g/mol. The molecule has 2 aromatic heterocycles. The minimum atomic E-state index is -4.69. The Balaban J connectivity index is 1.69. The number of carbonyl (C=O) groups excluding carboxylic acids is 2. The van der Waals surface area contributed by atoms with Crippen LogP contribution in [-0.2, 0) is 21.2 Å². The number of oxime groups is 1. The van der Waals surface area contributed by atoms with E-state index < -0.39 is 35.2 Å². The van der Waals surface area contributed by atoms with E-state index in [1.165, 1.54) is 0 Å². The maximum absolute atomic E-state index is 13.5. The summed E-state index contributed by atoms with van der Waals surface area (Å²) < 4.78 is 45.7. The van der Waals surface area contributed by atoms with Crippen LogP contribution in [-0.4, -0.2) is 35.7 Å². The smallest absolute Gasteiger partial charge is 0.433 e. The van der Waals surface area contributed by atoms with Gasteiger partial charge in [0.05, 0.1) is 18.5 Å². The van der Waals surface area contributed by atoms with Gasteiger partial charge in [0.25, 0.3) is 11.8 Å². The molecule has 0 spiro atoms. The van der Waals surface area contributed by atoms with Crippen LogP contribution in [0.15, 0.2) is 35.5 Å². The number of pyridine rings is 1. The molecule has 0 saturated carbocycles. The first-order valence-electron chi connectivity index (χ1n) is 10.8. The monoisotopic (exact) mass is 520 g/mol. The van der Waals surface area contributed by atoms with Gasteiger partial charge in [-0.15, -0.1) is 11.3 Å². The Morgan fingerprint density at radius 3 is 2.42 bits per heavy atom. The molecule has 0 bridgehead atoms. The number of amides is 2. The van der Waals surface area contributed by atoms with E-state index >= 15 is 0 Å². The molecular weight excluding hydrogens is 497 g/mol. The van der Waals surface area contributed by atoms with Gasteiger partial charge in [-0.25, -0.2) is 4.98 Å². The molecule has 3 heterocycles. The van der Waals surface area contributed by atoms with Crippen molar-refractivity contribution in [3.8, 4) is 5.75 Å². The Hall–Kier alpha value is -3.67. The van der Waals surface area contributed by atoms with E-state index in [4.69, 9.17) is 15.3 Å². The zero-order chi connectivity index (χ0) is 26.4. The van der Waals surface area contributed by atoms with Crippen LogP contribution < -0.4 is 15.8 Å². The number of hydrogen-bond donors (Lipinski definition) is 2. The molecule has 0 fully saturated rings. The summed E-state index contributed by atoms with van der Waals surface area (Å²) in [5.41, 5.74) is 5.21. The molecule has 0 saturated heterocycles. The van der Waals surface area contributed by atoms with E-state index in [9.17, 15) is 22.8 Å². The van der Waals surface area contributed by atoms with Crippen molar-refractivity contribution in [2.24, 2.45) is 10.9 Å². The number of alkyl halides is 3. The van der Waals surface area contributed by atoms with Gasteiger partial charge in [-0.05, 0) is 46.9 Å². The molecule has 0 radical (unpaired) electrons. The lowest BCUT2D eigenvalue weighted by atomic mass is 9.84. The molecule has 190 valence electrons. The highest BCUT2D eigenvalue weighted by atomic mass is 32.1. The van der Waals surface area contributed by atoms with Gasteiger partial charge in [0.15, 0.2) is 0 Å². The quantitative estimate of drug-likeness (QED) is 0.499. The van der Waals surface area contributed by atoms with Crippen molar-refractivity contribution in [2.75, 3.05) is 12.4 Å². The average Bonchev–Trinajstić information content (AvgIpc) is 3.43.